The van der Waals surface area contributed by atoms with Gasteiger partial charge in [-0.1, -0.05) is 47.8 Å². The fourth-order valence-electron chi connectivity index (χ4n) is 3.53. The van der Waals surface area contributed by atoms with Gasteiger partial charge in [0.15, 0.2) is 0 Å². The molecule has 1 saturated heterocycles. The lowest BCUT2D eigenvalue weighted by Gasteiger charge is -2.23. The fraction of sp³-hybridized carbons (Fsp3) is 0.429. The van der Waals surface area contributed by atoms with Crippen molar-refractivity contribution in [1.29, 1.82) is 0 Å². The van der Waals surface area contributed by atoms with Crippen molar-refractivity contribution in [3.63, 3.8) is 0 Å². The van der Waals surface area contributed by atoms with Crippen molar-refractivity contribution in [2.75, 3.05) is 19.6 Å². The Balaban J connectivity index is 1.59. The van der Waals surface area contributed by atoms with Crippen LogP contribution >= 0.6 is 34.8 Å². The SMILES string of the molecule is CCN1CCCC1CNCc1cc(Cl)ccc1OCc1ccc(Cl)c(Cl)c1. The zero-order valence-electron chi connectivity index (χ0n) is 15.5. The lowest BCUT2D eigenvalue weighted by atomic mass is 10.1. The van der Waals surface area contributed by atoms with Crippen molar-refractivity contribution < 1.29 is 4.74 Å². The quantitative estimate of drug-likeness (QED) is 0.576. The van der Waals surface area contributed by atoms with Crippen LogP contribution in [0.2, 0.25) is 15.1 Å². The smallest absolute Gasteiger partial charge is 0.124 e. The summed E-state index contributed by atoms with van der Waals surface area (Å²) >= 11 is 18.3. The van der Waals surface area contributed by atoms with Crippen LogP contribution in [0.4, 0.5) is 0 Å². The van der Waals surface area contributed by atoms with Crippen molar-refractivity contribution in [1.82, 2.24) is 10.2 Å². The summed E-state index contributed by atoms with van der Waals surface area (Å²) in [5.74, 6) is 0.830. The number of nitrogens with zero attached hydrogens (tertiary/aromatic N) is 1. The molecular weight excluding hydrogens is 403 g/mol. The minimum atomic E-state index is 0.428. The second-order valence-electron chi connectivity index (χ2n) is 6.84. The van der Waals surface area contributed by atoms with Crippen LogP contribution in [0.3, 0.4) is 0 Å². The zero-order chi connectivity index (χ0) is 19.2. The van der Waals surface area contributed by atoms with Crippen LogP contribution in [0.25, 0.3) is 0 Å². The molecule has 2 aromatic rings. The summed E-state index contributed by atoms with van der Waals surface area (Å²) in [7, 11) is 0. The van der Waals surface area contributed by atoms with Gasteiger partial charge in [0.05, 0.1) is 10.0 Å². The summed E-state index contributed by atoms with van der Waals surface area (Å²) < 4.78 is 6.03. The van der Waals surface area contributed by atoms with Crippen LogP contribution in [-0.4, -0.2) is 30.6 Å². The van der Waals surface area contributed by atoms with Crippen LogP contribution in [0.15, 0.2) is 36.4 Å². The van der Waals surface area contributed by atoms with Crippen molar-refractivity contribution in [2.45, 2.75) is 39.0 Å². The molecule has 1 unspecified atom stereocenters. The van der Waals surface area contributed by atoms with Crippen molar-refractivity contribution in [2.24, 2.45) is 0 Å². The Morgan fingerprint density at radius 3 is 2.74 bits per heavy atom. The number of likely N-dealkylation sites (tertiary alicyclic amines) is 1. The average Bonchev–Trinajstić information content (AvgIpc) is 3.11. The van der Waals surface area contributed by atoms with E-state index in [9.17, 15) is 0 Å². The summed E-state index contributed by atoms with van der Waals surface area (Å²) in [5.41, 5.74) is 2.03. The van der Waals surface area contributed by atoms with Gasteiger partial charge in [0.2, 0.25) is 0 Å². The van der Waals surface area contributed by atoms with E-state index in [4.69, 9.17) is 39.5 Å². The molecule has 1 fully saturated rings. The van der Waals surface area contributed by atoms with Crippen LogP contribution < -0.4 is 10.1 Å². The molecule has 0 bridgehead atoms. The van der Waals surface area contributed by atoms with Crippen molar-refractivity contribution in [3.05, 3.63) is 62.6 Å². The number of nitrogens with one attached hydrogen (secondary N) is 1. The van der Waals surface area contributed by atoms with Crippen LogP contribution in [0.1, 0.15) is 30.9 Å². The van der Waals surface area contributed by atoms with Gasteiger partial charge in [-0.2, -0.15) is 0 Å². The van der Waals surface area contributed by atoms with E-state index in [-0.39, 0.29) is 0 Å². The van der Waals surface area contributed by atoms with Gasteiger partial charge in [0.1, 0.15) is 12.4 Å². The molecule has 0 aromatic heterocycles. The normalized spacial score (nSPS) is 17.4. The number of rotatable bonds is 8. The largest absolute Gasteiger partial charge is 0.489 e. The fourth-order valence-corrected chi connectivity index (χ4v) is 4.05. The van der Waals surface area contributed by atoms with Crippen LogP contribution in [0, 0.1) is 0 Å². The second kappa shape index (κ2) is 9.99. The van der Waals surface area contributed by atoms with E-state index in [1.54, 1.807) is 6.07 Å². The summed E-state index contributed by atoms with van der Waals surface area (Å²) in [6.07, 6.45) is 2.55. The predicted molar refractivity (Wildman–Crippen MR) is 114 cm³/mol. The molecular formula is C21H25Cl3N2O. The number of ether oxygens (including phenoxy) is 1. The first-order valence-electron chi connectivity index (χ1n) is 9.36. The Bertz CT molecular complexity index is 769. The Morgan fingerprint density at radius 2 is 1.96 bits per heavy atom. The van der Waals surface area contributed by atoms with E-state index < -0.39 is 0 Å². The molecule has 6 heteroatoms. The van der Waals surface area contributed by atoms with E-state index in [0.29, 0.717) is 27.7 Å². The number of benzene rings is 2. The van der Waals surface area contributed by atoms with E-state index in [1.807, 2.05) is 30.3 Å². The predicted octanol–water partition coefficient (Wildman–Crippen LogP) is 5.80. The average molecular weight is 428 g/mol. The number of halogens is 3. The van der Waals surface area contributed by atoms with E-state index in [2.05, 4.69) is 17.1 Å². The van der Waals surface area contributed by atoms with Gasteiger partial charge in [-0.05, 0) is 61.8 Å². The third-order valence-electron chi connectivity index (χ3n) is 5.00. The van der Waals surface area contributed by atoms with Gasteiger partial charge in [-0.3, -0.25) is 4.90 Å². The molecule has 1 aliphatic heterocycles. The Hall–Kier alpha value is -0.970. The molecule has 0 aliphatic carbocycles. The molecule has 1 heterocycles. The van der Waals surface area contributed by atoms with Gasteiger partial charge in [0.25, 0.3) is 0 Å². The molecule has 3 nitrogen and oxygen atoms in total. The first kappa shape index (κ1) is 20.8. The lowest BCUT2D eigenvalue weighted by Crippen LogP contribution is -2.37. The Labute approximate surface area is 176 Å². The maximum absolute atomic E-state index is 6.20. The monoisotopic (exact) mass is 426 g/mol. The maximum Gasteiger partial charge on any atom is 0.124 e. The van der Waals surface area contributed by atoms with Crippen LogP contribution in [-0.2, 0) is 13.2 Å². The van der Waals surface area contributed by atoms with Gasteiger partial charge >= 0.3 is 0 Å². The number of hydrogen-bond donors (Lipinski definition) is 1. The highest BCUT2D eigenvalue weighted by Crippen LogP contribution is 2.26. The Morgan fingerprint density at radius 1 is 1.11 bits per heavy atom. The highest BCUT2D eigenvalue weighted by molar-refractivity contribution is 6.42. The lowest BCUT2D eigenvalue weighted by molar-refractivity contribution is 0.259. The van der Waals surface area contributed by atoms with E-state index >= 15 is 0 Å². The summed E-state index contributed by atoms with van der Waals surface area (Å²) in [6, 6.07) is 11.9. The first-order valence-corrected chi connectivity index (χ1v) is 10.5. The highest BCUT2D eigenvalue weighted by atomic mass is 35.5. The van der Waals surface area contributed by atoms with E-state index in [0.717, 1.165) is 36.5 Å². The maximum atomic E-state index is 6.20. The van der Waals surface area contributed by atoms with Crippen LogP contribution in [0.5, 0.6) is 5.75 Å². The van der Waals surface area contributed by atoms with Gasteiger partial charge in [-0.25, -0.2) is 0 Å². The van der Waals surface area contributed by atoms with Crippen molar-refractivity contribution >= 4 is 34.8 Å². The third-order valence-corrected chi connectivity index (χ3v) is 5.98. The number of likely N-dealkylation sites (N-methyl/N-ethyl adjacent to an activating group) is 1. The summed E-state index contributed by atoms with van der Waals surface area (Å²) in [6.45, 7) is 6.68. The summed E-state index contributed by atoms with van der Waals surface area (Å²) in [4.78, 5) is 2.53. The van der Waals surface area contributed by atoms with Crippen molar-refractivity contribution in [3.8, 4) is 5.75 Å². The molecule has 0 spiro atoms. The second-order valence-corrected chi connectivity index (χ2v) is 8.10. The Kier molecular flexibility index (Phi) is 7.68. The molecule has 0 amide bonds. The third kappa shape index (κ3) is 5.75. The number of hydrogen-bond acceptors (Lipinski definition) is 3. The minimum absolute atomic E-state index is 0.428. The van der Waals surface area contributed by atoms with Gasteiger partial charge in [-0.15, -0.1) is 0 Å². The molecule has 1 atom stereocenters. The molecule has 1 N–H and O–H groups in total. The minimum Gasteiger partial charge on any atom is -0.489 e. The molecule has 2 aromatic carbocycles. The topological polar surface area (TPSA) is 24.5 Å². The molecule has 1 aliphatic rings. The zero-order valence-corrected chi connectivity index (χ0v) is 17.7. The molecule has 3 rings (SSSR count). The standard InChI is InChI=1S/C21H25Cl3N2O/c1-2-26-9-3-4-18(26)13-25-12-16-11-17(22)6-8-21(16)27-14-15-5-7-19(23)20(24)10-15/h5-8,10-11,18,25H,2-4,9,12-14H2,1H3. The highest BCUT2D eigenvalue weighted by Gasteiger charge is 2.22. The molecule has 0 radical (unpaired) electrons. The van der Waals surface area contributed by atoms with Gasteiger partial charge < -0.3 is 10.1 Å². The first-order chi connectivity index (χ1) is 13.1. The van der Waals surface area contributed by atoms with E-state index in [1.165, 1.54) is 19.4 Å². The molecule has 27 heavy (non-hydrogen) atoms. The van der Waals surface area contributed by atoms with Gasteiger partial charge in [0, 0.05) is 29.7 Å². The summed E-state index contributed by atoms with van der Waals surface area (Å²) in [5, 5.41) is 5.37. The molecule has 0 saturated carbocycles. The molecule has 146 valence electrons.